The number of benzene rings is 2. The fourth-order valence-electron chi connectivity index (χ4n) is 5.47. The minimum atomic E-state index is -0.456. The van der Waals surface area contributed by atoms with E-state index in [1.807, 2.05) is 25.7 Å². The highest BCUT2D eigenvalue weighted by atomic mass is 16.6. The average Bonchev–Trinajstić information content (AvgIpc) is 3.06. The molecular formula is C26H35N2O2+. The van der Waals surface area contributed by atoms with Gasteiger partial charge in [-0.2, -0.15) is 0 Å². The molecular weight excluding hydrogens is 372 g/mol. The van der Waals surface area contributed by atoms with E-state index in [-0.39, 0.29) is 12.1 Å². The van der Waals surface area contributed by atoms with Crippen LogP contribution in [0.15, 0.2) is 60.7 Å². The molecule has 0 aromatic heterocycles. The van der Waals surface area contributed by atoms with Crippen molar-refractivity contribution in [1.82, 2.24) is 4.90 Å². The Morgan fingerprint density at radius 1 is 0.967 bits per heavy atom. The minimum absolute atomic E-state index is 0.142. The summed E-state index contributed by atoms with van der Waals surface area (Å²) in [5.41, 5.74) is 2.30. The van der Waals surface area contributed by atoms with Crippen molar-refractivity contribution < 1.29 is 14.0 Å². The van der Waals surface area contributed by atoms with Crippen molar-refractivity contribution in [2.45, 2.75) is 70.8 Å². The van der Waals surface area contributed by atoms with E-state index >= 15 is 0 Å². The molecule has 2 aliphatic heterocycles. The largest absolute Gasteiger partial charge is 0.444 e. The normalized spacial score (nSPS) is 23.1. The van der Waals surface area contributed by atoms with Crippen molar-refractivity contribution in [1.29, 1.82) is 0 Å². The summed E-state index contributed by atoms with van der Waals surface area (Å²) in [6, 6.07) is 22.4. The Labute approximate surface area is 181 Å². The molecule has 30 heavy (non-hydrogen) atoms. The molecule has 2 atom stereocenters. The van der Waals surface area contributed by atoms with E-state index in [2.05, 4.69) is 60.7 Å². The van der Waals surface area contributed by atoms with Gasteiger partial charge >= 0.3 is 6.09 Å². The summed E-state index contributed by atoms with van der Waals surface area (Å²) < 4.78 is 6.80. The van der Waals surface area contributed by atoms with Gasteiger partial charge in [0.05, 0.1) is 12.6 Å². The summed E-state index contributed by atoms with van der Waals surface area (Å²) in [5, 5.41) is 0. The van der Waals surface area contributed by atoms with E-state index in [9.17, 15) is 4.79 Å². The monoisotopic (exact) mass is 407 g/mol. The van der Waals surface area contributed by atoms with Gasteiger partial charge in [0.1, 0.15) is 24.7 Å². The number of nitrogens with zero attached hydrogens (tertiary/aromatic N) is 2. The number of hydrogen-bond donors (Lipinski definition) is 0. The van der Waals surface area contributed by atoms with Crippen LogP contribution in [0.25, 0.3) is 0 Å². The molecule has 2 heterocycles. The van der Waals surface area contributed by atoms with Crippen LogP contribution in [0.2, 0.25) is 0 Å². The molecule has 1 amide bonds. The first kappa shape index (κ1) is 20.9. The predicted octanol–water partition coefficient (Wildman–Crippen LogP) is 5.38. The van der Waals surface area contributed by atoms with E-state index in [1.165, 1.54) is 17.5 Å². The summed E-state index contributed by atoms with van der Waals surface area (Å²) in [7, 11) is 0. The van der Waals surface area contributed by atoms with Gasteiger partial charge in [-0.1, -0.05) is 60.7 Å². The number of hydrogen-bond acceptors (Lipinski definition) is 2. The zero-order valence-corrected chi connectivity index (χ0v) is 18.6. The highest BCUT2D eigenvalue weighted by molar-refractivity contribution is 5.68. The number of carbonyl (C=O) groups excluding carboxylic acids is 1. The summed E-state index contributed by atoms with van der Waals surface area (Å²) in [4.78, 5) is 15.0. The van der Waals surface area contributed by atoms with Gasteiger partial charge in [0.2, 0.25) is 0 Å². The zero-order chi connectivity index (χ0) is 21.2. The predicted molar refractivity (Wildman–Crippen MR) is 120 cm³/mol. The standard InChI is InChI=1S/C26H35N2O2/c1-26(2,3)30-25(29)27-17-10-15-24-23(27)16-18-28(24,19-21-11-6-4-7-12-21)20-22-13-8-5-9-14-22/h4-9,11-14,23-24H,10,15-20H2,1-3H3/q+1/t23-,24-/m0/s1. The number of quaternary nitrogens is 1. The molecule has 0 spiro atoms. The number of amides is 1. The second-order valence-electron chi connectivity index (χ2n) is 9.97. The second kappa shape index (κ2) is 8.43. The van der Waals surface area contributed by atoms with E-state index < -0.39 is 5.60 Å². The number of rotatable bonds is 4. The number of fused-ring (bicyclic) bond motifs is 1. The minimum Gasteiger partial charge on any atom is -0.444 e. The molecule has 0 radical (unpaired) electrons. The van der Waals surface area contributed by atoms with Crippen LogP contribution in [0.1, 0.15) is 51.2 Å². The fourth-order valence-corrected chi connectivity index (χ4v) is 5.47. The topological polar surface area (TPSA) is 29.5 Å². The van der Waals surface area contributed by atoms with Gasteiger partial charge in [-0.05, 0) is 27.2 Å². The van der Waals surface area contributed by atoms with Crippen LogP contribution < -0.4 is 0 Å². The Bertz CT molecular complexity index is 803. The molecule has 0 N–H and O–H groups in total. The van der Waals surface area contributed by atoms with Crippen LogP contribution in [0, 0.1) is 0 Å². The maximum Gasteiger partial charge on any atom is 0.410 e. The van der Waals surface area contributed by atoms with Gasteiger partial charge in [-0.25, -0.2) is 4.79 Å². The van der Waals surface area contributed by atoms with Crippen molar-refractivity contribution in [3.8, 4) is 0 Å². The van der Waals surface area contributed by atoms with Crippen molar-refractivity contribution in [2.75, 3.05) is 13.1 Å². The first-order chi connectivity index (χ1) is 14.4. The average molecular weight is 408 g/mol. The first-order valence-electron chi connectivity index (χ1n) is 11.3. The third kappa shape index (κ3) is 4.54. The molecule has 2 saturated heterocycles. The molecule has 0 aliphatic carbocycles. The molecule has 2 aliphatic rings. The van der Waals surface area contributed by atoms with E-state index in [1.54, 1.807) is 0 Å². The number of likely N-dealkylation sites (tertiary alicyclic amines) is 2. The molecule has 160 valence electrons. The SMILES string of the molecule is CC(C)(C)OC(=O)N1CCC[C@H]2[C@@H]1CC[N+]2(Cc1ccccc1)Cc1ccccc1. The van der Waals surface area contributed by atoms with Gasteiger partial charge in [-0.3, -0.25) is 4.90 Å². The van der Waals surface area contributed by atoms with Gasteiger partial charge in [-0.15, -0.1) is 0 Å². The van der Waals surface area contributed by atoms with Crippen LogP contribution in [0.5, 0.6) is 0 Å². The summed E-state index contributed by atoms with van der Waals surface area (Å²) in [5.74, 6) is 0. The van der Waals surface area contributed by atoms with Gasteiger partial charge in [0.25, 0.3) is 0 Å². The molecule has 2 fully saturated rings. The Kier molecular flexibility index (Phi) is 5.88. The maximum atomic E-state index is 13.0. The molecule has 0 bridgehead atoms. The molecule has 0 unspecified atom stereocenters. The summed E-state index contributed by atoms with van der Waals surface area (Å²) in [6.45, 7) is 9.79. The van der Waals surface area contributed by atoms with E-state index in [0.29, 0.717) is 6.04 Å². The third-order valence-electron chi connectivity index (χ3n) is 6.63. The third-order valence-corrected chi connectivity index (χ3v) is 6.63. The fraction of sp³-hybridized carbons (Fsp3) is 0.500. The van der Waals surface area contributed by atoms with E-state index in [4.69, 9.17) is 4.74 Å². The highest BCUT2D eigenvalue weighted by Crippen LogP contribution is 2.40. The first-order valence-corrected chi connectivity index (χ1v) is 11.3. The number of piperidine rings is 1. The quantitative estimate of drug-likeness (QED) is 0.637. The van der Waals surface area contributed by atoms with Gasteiger partial charge in [0, 0.05) is 30.5 Å². The van der Waals surface area contributed by atoms with E-state index in [0.717, 1.165) is 43.5 Å². The second-order valence-corrected chi connectivity index (χ2v) is 9.97. The molecule has 4 nitrogen and oxygen atoms in total. The van der Waals surface area contributed by atoms with Gasteiger partial charge < -0.3 is 9.22 Å². The lowest BCUT2D eigenvalue weighted by atomic mass is 9.95. The van der Waals surface area contributed by atoms with Crippen molar-refractivity contribution >= 4 is 6.09 Å². The maximum absolute atomic E-state index is 13.0. The zero-order valence-electron chi connectivity index (χ0n) is 18.6. The smallest absolute Gasteiger partial charge is 0.410 e. The van der Waals surface area contributed by atoms with Crippen molar-refractivity contribution in [2.24, 2.45) is 0 Å². The Morgan fingerprint density at radius 2 is 1.53 bits per heavy atom. The lowest BCUT2D eigenvalue weighted by Crippen LogP contribution is -2.59. The Balaban J connectivity index is 1.63. The van der Waals surface area contributed by atoms with Crippen LogP contribution in [-0.2, 0) is 17.8 Å². The number of carbonyl (C=O) groups is 1. The molecule has 2 aromatic carbocycles. The van der Waals surface area contributed by atoms with Crippen molar-refractivity contribution in [3.63, 3.8) is 0 Å². The molecule has 4 rings (SSSR count). The highest BCUT2D eigenvalue weighted by Gasteiger charge is 2.53. The molecule has 4 heteroatoms. The summed E-state index contributed by atoms with van der Waals surface area (Å²) in [6.07, 6.45) is 3.12. The van der Waals surface area contributed by atoms with Crippen molar-refractivity contribution in [3.05, 3.63) is 71.8 Å². The Morgan fingerprint density at radius 3 is 2.07 bits per heavy atom. The Hall–Kier alpha value is -2.33. The summed E-state index contributed by atoms with van der Waals surface area (Å²) >= 11 is 0. The molecule has 2 aromatic rings. The van der Waals surface area contributed by atoms with Crippen LogP contribution >= 0.6 is 0 Å². The number of ether oxygens (including phenoxy) is 1. The van der Waals surface area contributed by atoms with Crippen LogP contribution in [0.3, 0.4) is 0 Å². The van der Waals surface area contributed by atoms with Crippen LogP contribution in [-0.4, -0.2) is 46.3 Å². The lowest BCUT2D eigenvalue weighted by Gasteiger charge is -2.46. The lowest BCUT2D eigenvalue weighted by molar-refractivity contribution is -0.966. The molecule has 0 saturated carbocycles. The van der Waals surface area contributed by atoms with Gasteiger partial charge in [0.15, 0.2) is 0 Å². The van der Waals surface area contributed by atoms with Crippen LogP contribution in [0.4, 0.5) is 4.79 Å².